The number of methoxy groups -OCH3 is 1. The van der Waals surface area contributed by atoms with E-state index in [0.717, 1.165) is 0 Å². The zero-order valence-electron chi connectivity index (χ0n) is 11.2. The van der Waals surface area contributed by atoms with Gasteiger partial charge in [-0.05, 0) is 30.3 Å². The van der Waals surface area contributed by atoms with E-state index in [-0.39, 0.29) is 17.7 Å². The third-order valence-electron chi connectivity index (χ3n) is 2.77. The summed E-state index contributed by atoms with van der Waals surface area (Å²) in [4.78, 5) is 12.0. The van der Waals surface area contributed by atoms with Gasteiger partial charge in [-0.2, -0.15) is 0 Å². The minimum atomic E-state index is -0.597. The Morgan fingerprint density at radius 2 is 2.05 bits per heavy atom. The van der Waals surface area contributed by atoms with Gasteiger partial charge in [-0.1, -0.05) is 15.9 Å². The highest BCUT2D eigenvalue weighted by atomic mass is 79.9. The van der Waals surface area contributed by atoms with Crippen molar-refractivity contribution >= 4 is 27.6 Å². The third kappa shape index (κ3) is 3.95. The van der Waals surface area contributed by atoms with Crippen molar-refractivity contribution in [1.82, 2.24) is 0 Å². The van der Waals surface area contributed by atoms with Crippen LogP contribution in [0, 0.1) is 5.82 Å². The lowest BCUT2D eigenvalue weighted by Crippen LogP contribution is -2.07. The number of rotatable bonds is 4. The van der Waals surface area contributed by atoms with Crippen molar-refractivity contribution in [1.29, 1.82) is 0 Å². The summed E-state index contributed by atoms with van der Waals surface area (Å²) in [5, 5.41) is 0. The van der Waals surface area contributed by atoms with Crippen LogP contribution in [-0.2, 0) is 11.3 Å². The first-order valence-electron chi connectivity index (χ1n) is 6.05. The second kappa shape index (κ2) is 6.58. The van der Waals surface area contributed by atoms with Gasteiger partial charge in [0.05, 0.1) is 12.7 Å². The van der Waals surface area contributed by atoms with Gasteiger partial charge in [-0.3, -0.25) is 0 Å². The lowest BCUT2D eigenvalue weighted by Gasteiger charge is -2.08. The number of benzene rings is 2. The Morgan fingerprint density at radius 1 is 1.29 bits per heavy atom. The molecule has 0 saturated heterocycles. The summed E-state index contributed by atoms with van der Waals surface area (Å²) >= 11 is 3.24. The molecule has 0 aliphatic carbocycles. The Kier molecular flexibility index (Phi) is 4.80. The number of esters is 1. The van der Waals surface area contributed by atoms with Crippen molar-refractivity contribution < 1.29 is 18.7 Å². The standard InChI is InChI=1S/C15H13BrFNO3/c1-20-13-6-9(5-12(18)7-13)15(19)21-8-10-4-11(16)2-3-14(10)17/h2-7H,8,18H2,1H3. The highest BCUT2D eigenvalue weighted by molar-refractivity contribution is 9.10. The maximum absolute atomic E-state index is 13.6. The van der Waals surface area contributed by atoms with E-state index >= 15 is 0 Å². The Morgan fingerprint density at radius 3 is 2.76 bits per heavy atom. The molecule has 6 heteroatoms. The van der Waals surface area contributed by atoms with Crippen LogP contribution in [0.5, 0.6) is 5.75 Å². The van der Waals surface area contributed by atoms with Crippen molar-refractivity contribution in [3.05, 3.63) is 57.8 Å². The van der Waals surface area contributed by atoms with Gasteiger partial charge in [0, 0.05) is 21.8 Å². The minimum Gasteiger partial charge on any atom is -0.497 e. The number of nitrogen functional groups attached to an aromatic ring is 1. The van der Waals surface area contributed by atoms with Crippen LogP contribution >= 0.6 is 15.9 Å². The molecule has 21 heavy (non-hydrogen) atoms. The smallest absolute Gasteiger partial charge is 0.338 e. The first-order chi connectivity index (χ1) is 9.99. The molecular weight excluding hydrogens is 341 g/mol. The molecule has 2 aromatic rings. The fraction of sp³-hybridized carbons (Fsp3) is 0.133. The molecule has 0 atom stereocenters. The normalized spacial score (nSPS) is 10.2. The number of carbonyl (C=O) groups is 1. The molecule has 2 aromatic carbocycles. The molecule has 0 radical (unpaired) electrons. The molecule has 0 heterocycles. The molecule has 2 rings (SSSR count). The lowest BCUT2D eigenvalue weighted by atomic mass is 10.2. The molecule has 0 unspecified atom stereocenters. The quantitative estimate of drug-likeness (QED) is 0.674. The number of hydrogen-bond donors (Lipinski definition) is 1. The van der Waals surface area contributed by atoms with Gasteiger partial charge in [0.2, 0.25) is 0 Å². The molecule has 0 saturated carbocycles. The molecule has 0 bridgehead atoms. The first kappa shape index (κ1) is 15.3. The lowest BCUT2D eigenvalue weighted by molar-refractivity contribution is 0.0468. The van der Waals surface area contributed by atoms with E-state index in [1.54, 1.807) is 18.2 Å². The van der Waals surface area contributed by atoms with Gasteiger partial charge in [-0.25, -0.2) is 9.18 Å². The molecule has 0 aliphatic rings. The fourth-order valence-corrected chi connectivity index (χ4v) is 2.15. The third-order valence-corrected chi connectivity index (χ3v) is 3.26. The summed E-state index contributed by atoms with van der Waals surface area (Å²) in [5.41, 5.74) is 6.59. The zero-order chi connectivity index (χ0) is 15.4. The highest BCUT2D eigenvalue weighted by Gasteiger charge is 2.12. The maximum atomic E-state index is 13.6. The predicted molar refractivity (Wildman–Crippen MR) is 80.6 cm³/mol. The summed E-state index contributed by atoms with van der Waals surface area (Å²) in [6, 6.07) is 9.01. The van der Waals surface area contributed by atoms with Gasteiger partial charge in [0.25, 0.3) is 0 Å². The van der Waals surface area contributed by atoms with Crippen LogP contribution in [0.2, 0.25) is 0 Å². The maximum Gasteiger partial charge on any atom is 0.338 e. The zero-order valence-corrected chi connectivity index (χ0v) is 12.8. The van der Waals surface area contributed by atoms with Gasteiger partial charge in [0.15, 0.2) is 0 Å². The summed E-state index contributed by atoms with van der Waals surface area (Å²) in [6.45, 7) is -0.165. The summed E-state index contributed by atoms with van der Waals surface area (Å²) < 4.78 is 24.4. The molecule has 0 spiro atoms. The average molecular weight is 354 g/mol. The molecule has 0 aliphatic heterocycles. The summed E-state index contributed by atoms with van der Waals surface area (Å²) in [5.74, 6) is -0.577. The van der Waals surface area contributed by atoms with E-state index in [9.17, 15) is 9.18 Å². The van der Waals surface area contributed by atoms with Gasteiger partial charge in [-0.15, -0.1) is 0 Å². The van der Waals surface area contributed by atoms with Crippen LogP contribution < -0.4 is 10.5 Å². The van der Waals surface area contributed by atoms with Crippen molar-refractivity contribution in [2.45, 2.75) is 6.61 Å². The van der Waals surface area contributed by atoms with E-state index in [1.807, 2.05) is 0 Å². The topological polar surface area (TPSA) is 61.5 Å². The Hall–Kier alpha value is -2.08. The second-order valence-corrected chi connectivity index (χ2v) is 5.22. The number of hydrogen-bond acceptors (Lipinski definition) is 4. The molecule has 0 amide bonds. The predicted octanol–water partition coefficient (Wildman–Crippen LogP) is 3.54. The number of nitrogens with two attached hydrogens (primary N) is 1. The molecule has 0 aromatic heterocycles. The van der Waals surface area contributed by atoms with Crippen LogP contribution in [0.4, 0.5) is 10.1 Å². The highest BCUT2D eigenvalue weighted by Crippen LogP contribution is 2.20. The minimum absolute atomic E-state index is 0.165. The SMILES string of the molecule is COc1cc(N)cc(C(=O)OCc2cc(Br)ccc2F)c1. The van der Waals surface area contributed by atoms with E-state index in [2.05, 4.69) is 15.9 Å². The first-order valence-corrected chi connectivity index (χ1v) is 6.84. The number of halogens is 2. The Balaban J connectivity index is 2.11. The van der Waals surface area contributed by atoms with Crippen molar-refractivity contribution in [3.63, 3.8) is 0 Å². The molecule has 110 valence electrons. The second-order valence-electron chi connectivity index (χ2n) is 4.31. The number of anilines is 1. The Labute approximate surface area is 129 Å². The molecule has 0 fully saturated rings. The van der Waals surface area contributed by atoms with E-state index in [0.29, 0.717) is 15.9 Å². The van der Waals surface area contributed by atoms with E-state index < -0.39 is 11.8 Å². The molecular formula is C15H13BrFNO3. The number of ether oxygens (including phenoxy) is 2. The Bertz CT molecular complexity index is 676. The van der Waals surface area contributed by atoms with Crippen LogP contribution in [0.15, 0.2) is 40.9 Å². The van der Waals surface area contributed by atoms with Crippen LogP contribution in [0.25, 0.3) is 0 Å². The number of carbonyl (C=O) groups excluding carboxylic acids is 1. The van der Waals surface area contributed by atoms with E-state index in [4.69, 9.17) is 15.2 Å². The molecule has 4 nitrogen and oxygen atoms in total. The van der Waals surface area contributed by atoms with Gasteiger partial charge < -0.3 is 15.2 Å². The van der Waals surface area contributed by atoms with Crippen LogP contribution in [0.3, 0.4) is 0 Å². The fourth-order valence-electron chi connectivity index (χ4n) is 1.74. The summed E-state index contributed by atoms with van der Waals surface area (Å²) in [7, 11) is 1.47. The van der Waals surface area contributed by atoms with Crippen molar-refractivity contribution in [3.8, 4) is 5.75 Å². The van der Waals surface area contributed by atoms with Crippen molar-refractivity contribution in [2.24, 2.45) is 0 Å². The summed E-state index contributed by atoms with van der Waals surface area (Å²) in [6.07, 6.45) is 0. The van der Waals surface area contributed by atoms with E-state index in [1.165, 1.54) is 25.3 Å². The molecule has 2 N–H and O–H groups in total. The average Bonchev–Trinajstić information content (AvgIpc) is 2.47. The monoisotopic (exact) mass is 353 g/mol. The van der Waals surface area contributed by atoms with Gasteiger partial charge in [0.1, 0.15) is 18.2 Å². The van der Waals surface area contributed by atoms with Crippen LogP contribution in [-0.4, -0.2) is 13.1 Å². The largest absolute Gasteiger partial charge is 0.497 e. The van der Waals surface area contributed by atoms with Crippen molar-refractivity contribution in [2.75, 3.05) is 12.8 Å². The van der Waals surface area contributed by atoms with Gasteiger partial charge >= 0.3 is 5.97 Å². The van der Waals surface area contributed by atoms with Crippen LogP contribution in [0.1, 0.15) is 15.9 Å².